The van der Waals surface area contributed by atoms with E-state index in [0.717, 1.165) is 38.8 Å². The van der Waals surface area contributed by atoms with Gasteiger partial charge in [0, 0.05) is 19.0 Å². The Balaban J connectivity index is 1.79. The molecule has 3 aliphatic rings. The summed E-state index contributed by atoms with van der Waals surface area (Å²) in [6, 6.07) is 0.310. The topological polar surface area (TPSA) is 52.6 Å². The van der Waals surface area contributed by atoms with Crippen LogP contribution in [0.4, 0.5) is 0 Å². The maximum atomic E-state index is 13.0. The summed E-state index contributed by atoms with van der Waals surface area (Å²) in [7, 11) is 2.12. The lowest BCUT2D eigenvalue weighted by Crippen LogP contribution is -2.59. The minimum Gasteiger partial charge on any atom is -0.342 e. The Labute approximate surface area is 120 Å². The van der Waals surface area contributed by atoms with Crippen LogP contribution in [0.5, 0.6) is 0 Å². The standard InChI is InChI=1S/C15H25N3O2/c1-15(11-3-4-11)14(20)18(10-7-13(19)16-15)12-5-8-17(2)9-6-12/h11-12H,3-10H2,1-2H3,(H,16,19). The monoisotopic (exact) mass is 279 g/mol. The van der Waals surface area contributed by atoms with Crippen molar-refractivity contribution in [3.8, 4) is 0 Å². The Morgan fingerprint density at radius 3 is 2.35 bits per heavy atom. The second-order valence-corrected chi connectivity index (χ2v) is 6.81. The molecule has 112 valence electrons. The number of nitrogens with one attached hydrogen (secondary N) is 1. The molecule has 0 bridgehead atoms. The molecule has 1 N–H and O–H groups in total. The molecule has 0 spiro atoms. The predicted octanol–water partition coefficient (Wildman–Crippen LogP) is 0.598. The Hall–Kier alpha value is -1.10. The largest absolute Gasteiger partial charge is 0.342 e. The Bertz CT molecular complexity index is 413. The number of rotatable bonds is 2. The Morgan fingerprint density at radius 2 is 1.75 bits per heavy atom. The Kier molecular flexibility index (Phi) is 3.48. The molecule has 1 atom stereocenters. The summed E-state index contributed by atoms with van der Waals surface area (Å²) in [5.41, 5.74) is -0.656. The number of amides is 2. The smallest absolute Gasteiger partial charge is 0.248 e. The number of piperidine rings is 1. The molecule has 0 aromatic carbocycles. The SMILES string of the molecule is CN1CCC(N2CCC(=O)NC(C)(C3CC3)C2=O)CC1. The van der Waals surface area contributed by atoms with Crippen LogP contribution < -0.4 is 5.32 Å². The zero-order valence-corrected chi connectivity index (χ0v) is 12.5. The third-order valence-electron chi connectivity index (χ3n) is 5.21. The van der Waals surface area contributed by atoms with Crippen LogP contribution in [0.25, 0.3) is 0 Å². The number of carbonyl (C=O) groups excluding carboxylic acids is 2. The molecule has 2 saturated heterocycles. The van der Waals surface area contributed by atoms with Crippen molar-refractivity contribution in [2.24, 2.45) is 5.92 Å². The summed E-state index contributed by atoms with van der Waals surface area (Å²) >= 11 is 0. The number of hydrogen-bond donors (Lipinski definition) is 1. The summed E-state index contributed by atoms with van der Waals surface area (Å²) in [6.07, 6.45) is 4.61. The van der Waals surface area contributed by atoms with Gasteiger partial charge in [-0.05, 0) is 58.7 Å². The minimum atomic E-state index is -0.656. The van der Waals surface area contributed by atoms with Crippen molar-refractivity contribution in [1.29, 1.82) is 0 Å². The van der Waals surface area contributed by atoms with Crippen molar-refractivity contribution in [3.05, 3.63) is 0 Å². The third kappa shape index (κ3) is 2.43. The van der Waals surface area contributed by atoms with Crippen molar-refractivity contribution in [3.63, 3.8) is 0 Å². The van der Waals surface area contributed by atoms with Crippen LogP contribution in [-0.4, -0.2) is 59.9 Å². The molecule has 0 aromatic rings. The Morgan fingerprint density at radius 1 is 1.10 bits per heavy atom. The highest BCUT2D eigenvalue weighted by Crippen LogP contribution is 2.41. The van der Waals surface area contributed by atoms with Gasteiger partial charge in [-0.1, -0.05) is 0 Å². The van der Waals surface area contributed by atoms with Crippen molar-refractivity contribution >= 4 is 11.8 Å². The molecule has 1 unspecified atom stereocenters. The van der Waals surface area contributed by atoms with Gasteiger partial charge in [0.1, 0.15) is 5.54 Å². The fourth-order valence-corrected chi connectivity index (χ4v) is 3.62. The van der Waals surface area contributed by atoms with E-state index in [1.54, 1.807) is 0 Å². The highest BCUT2D eigenvalue weighted by molar-refractivity contribution is 5.94. The summed E-state index contributed by atoms with van der Waals surface area (Å²) in [6.45, 7) is 4.59. The number of nitrogens with zero attached hydrogens (tertiary/aromatic N) is 2. The van der Waals surface area contributed by atoms with Gasteiger partial charge < -0.3 is 15.1 Å². The van der Waals surface area contributed by atoms with E-state index in [-0.39, 0.29) is 11.8 Å². The highest BCUT2D eigenvalue weighted by atomic mass is 16.2. The van der Waals surface area contributed by atoms with Crippen LogP contribution in [0.15, 0.2) is 0 Å². The van der Waals surface area contributed by atoms with E-state index in [9.17, 15) is 9.59 Å². The van der Waals surface area contributed by atoms with Crippen LogP contribution in [0, 0.1) is 5.92 Å². The van der Waals surface area contributed by atoms with Gasteiger partial charge in [-0.15, -0.1) is 0 Å². The van der Waals surface area contributed by atoms with Crippen LogP contribution in [-0.2, 0) is 9.59 Å². The van der Waals surface area contributed by atoms with Gasteiger partial charge in [0.15, 0.2) is 0 Å². The molecule has 5 heteroatoms. The fraction of sp³-hybridized carbons (Fsp3) is 0.867. The lowest BCUT2D eigenvalue weighted by molar-refractivity contribution is -0.141. The first-order valence-corrected chi connectivity index (χ1v) is 7.81. The first-order valence-electron chi connectivity index (χ1n) is 7.81. The zero-order chi connectivity index (χ0) is 14.3. The maximum Gasteiger partial charge on any atom is 0.248 e. The zero-order valence-electron chi connectivity index (χ0n) is 12.5. The van der Waals surface area contributed by atoms with E-state index in [4.69, 9.17) is 0 Å². The lowest BCUT2D eigenvalue weighted by atomic mass is 9.92. The van der Waals surface area contributed by atoms with Gasteiger partial charge in [-0.2, -0.15) is 0 Å². The summed E-state index contributed by atoms with van der Waals surface area (Å²) in [5, 5.41) is 3.00. The summed E-state index contributed by atoms with van der Waals surface area (Å²) in [4.78, 5) is 29.2. The van der Waals surface area contributed by atoms with Gasteiger partial charge in [0.05, 0.1) is 0 Å². The van der Waals surface area contributed by atoms with Gasteiger partial charge in [0.2, 0.25) is 11.8 Å². The molecule has 3 rings (SSSR count). The first-order chi connectivity index (χ1) is 9.50. The average Bonchev–Trinajstić information content (AvgIpc) is 3.24. The minimum absolute atomic E-state index is 0.0307. The molecule has 20 heavy (non-hydrogen) atoms. The van der Waals surface area contributed by atoms with E-state index in [0.29, 0.717) is 24.9 Å². The predicted molar refractivity (Wildman–Crippen MR) is 76.1 cm³/mol. The van der Waals surface area contributed by atoms with Crippen LogP contribution in [0.3, 0.4) is 0 Å². The molecule has 2 aliphatic heterocycles. The number of carbonyl (C=O) groups is 2. The molecule has 2 amide bonds. The van der Waals surface area contributed by atoms with Gasteiger partial charge in [0.25, 0.3) is 0 Å². The van der Waals surface area contributed by atoms with Crippen LogP contribution >= 0.6 is 0 Å². The summed E-state index contributed by atoms with van der Waals surface area (Å²) < 4.78 is 0. The lowest BCUT2D eigenvalue weighted by Gasteiger charge is -2.40. The van der Waals surface area contributed by atoms with Gasteiger partial charge in [-0.25, -0.2) is 0 Å². The third-order valence-corrected chi connectivity index (χ3v) is 5.21. The van der Waals surface area contributed by atoms with Crippen molar-refractivity contribution < 1.29 is 9.59 Å². The first kappa shape index (κ1) is 13.9. The molecular formula is C15H25N3O2. The molecule has 1 aliphatic carbocycles. The fourth-order valence-electron chi connectivity index (χ4n) is 3.62. The molecule has 1 saturated carbocycles. The summed E-state index contributed by atoms with van der Waals surface area (Å²) in [5.74, 6) is 0.523. The second-order valence-electron chi connectivity index (χ2n) is 6.81. The molecule has 0 radical (unpaired) electrons. The maximum absolute atomic E-state index is 13.0. The van der Waals surface area contributed by atoms with Gasteiger partial charge >= 0.3 is 0 Å². The van der Waals surface area contributed by atoms with E-state index in [2.05, 4.69) is 17.3 Å². The average molecular weight is 279 g/mol. The molecule has 2 heterocycles. The molecular weight excluding hydrogens is 254 g/mol. The van der Waals surface area contributed by atoms with Crippen molar-refractivity contribution in [2.45, 2.75) is 50.6 Å². The quantitative estimate of drug-likeness (QED) is 0.805. The van der Waals surface area contributed by atoms with Crippen molar-refractivity contribution in [2.75, 3.05) is 26.7 Å². The molecule has 0 aromatic heterocycles. The van der Waals surface area contributed by atoms with Crippen LogP contribution in [0.1, 0.15) is 39.0 Å². The van der Waals surface area contributed by atoms with E-state index < -0.39 is 5.54 Å². The molecule has 5 nitrogen and oxygen atoms in total. The second kappa shape index (κ2) is 5.02. The highest BCUT2D eigenvalue weighted by Gasteiger charge is 2.52. The van der Waals surface area contributed by atoms with E-state index >= 15 is 0 Å². The van der Waals surface area contributed by atoms with E-state index in [1.807, 2.05) is 11.8 Å². The molecule has 3 fully saturated rings. The van der Waals surface area contributed by atoms with Crippen LogP contribution in [0.2, 0.25) is 0 Å². The van der Waals surface area contributed by atoms with Crippen molar-refractivity contribution in [1.82, 2.24) is 15.1 Å². The normalized spacial score (nSPS) is 34.0. The number of likely N-dealkylation sites (tertiary alicyclic amines) is 1. The number of hydrogen-bond acceptors (Lipinski definition) is 3. The van der Waals surface area contributed by atoms with E-state index in [1.165, 1.54) is 0 Å². The van der Waals surface area contributed by atoms with Gasteiger partial charge in [-0.3, -0.25) is 9.59 Å².